The second-order valence-corrected chi connectivity index (χ2v) is 9.06. The molecular formula is C25H33F2N3. The molecule has 162 valence electrons. The summed E-state index contributed by atoms with van der Waals surface area (Å²) in [5, 5.41) is 0. The SMILES string of the molecule is Fc1ccc(CN(Cc2cccnc2)CC2CCCN(C3CCCCC3)C2)c(F)c1. The molecule has 30 heavy (non-hydrogen) atoms. The number of nitrogens with zero attached hydrogens (tertiary/aromatic N) is 3. The third-order valence-corrected chi connectivity index (χ3v) is 6.70. The molecule has 1 aromatic carbocycles. The van der Waals surface area contributed by atoms with Crippen LogP contribution in [0.4, 0.5) is 8.78 Å². The molecule has 0 spiro atoms. The van der Waals surface area contributed by atoms with Crippen LogP contribution < -0.4 is 0 Å². The predicted molar refractivity (Wildman–Crippen MR) is 116 cm³/mol. The number of halogens is 2. The smallest absolute Gasteiger partial charge is 0.130 e. The number of aromatic nitrogens is 1. The number of piperidine rings is 1. The standard InChI is InChI=1S/C25H33F2N3/c26-23-11-10-22(25(27)14-23)19-29(16-20-6-4-12-28-15-20)17-21-7-5-13-30(18-21)24-8-2-1-3-9-24/h4,6,10-12,14-15,21,24H,1-3,5,7-9,13,16-19H2. The van der Waals surface area contributed by atoms with E-state index in [1.54, 1.807) is 12.3 Å². The fraction of sp³-hybridized carbons (Fsp3) is 0.560. The average Bonchev–Trinajstić information content (AvgIpc) is 2.77. The van der Waals surface area contributed by atoms with Gasteiger partial charge in [0.15, 0.2) is 0 Å². The molecule has 1 atom stereocenters. The van der Waals surface area contributed by atoms with Crippen LogP contribution in [0.5, 0.6) is 0 Å². The Morgan fingerprint density at radius 2 is 1.87 bits per heavy atom. The highest BCUT2D eigenvalue weighted by atomic mass is 19.1. The molecule has 2 aromatic rings. The summed E-state index contributed by atoms with van der Waals surface area (Å²) < 4.78 is 27.7. The summed E-state index contributed by atoms with van der Waals surface area (Å²) in [5.41, 5.74) is 1.68. The molecule has 0 bridgehead atoms. The Morgan fingerprint density at radius 1 is 1.00 bits per heavy atom. The quantitative estimate of drug-likeness (QED) is 0.605. The zero-order valence-corrected chi connectivity index (χ0v) is 17.8. The van der Waals surface area contributed by atoms with Crippen LogP contribution in [0, 0.1) is 17.6 Å². The summed E-state index contributed by atoms with van der Waals surface area (Å²) in [6.45, 7) is 4.50. The minimum absolute atomic E-state index is 0.460. The van der Waals surface area contributed by atoms with Gasteiger partial charge in [0, 0.05) is 56.2 Å². The maximum absolute atomic E-state index is 14.3. The minimum atomic E-state index is -0.523. The molecule has 0 amide bonds. The van der Waals surface area contributed by atoms with Gasteiger partial charge in [0.25, 0.3) is 0 Å². The number of rotatable bonds is 7. The van der Waals surface area contributed by atoms with Crippen molar-refractivity contribution in [3.05, 3.63) is 65.5 Å². The van der Waals surface area contributed by atoms with Gasteiger partial charge in [-0.2, -0.15) is 0 Å². The Kier molecular flexibility index (Phi) is 7.45. The Bertz CT molecular complexity index is 792. The van der Waals surface area contributed by atoms with Gasteiger partial charge in [0.2, 0.25) is 0 Å². The van der Waals surface area contributed by atoms with Crippen molar-refractivity contribution >= 4 is 0 Å². The van der Waals surface area contributed by atoms with Crippen LogP contribution in [0.2, 0.25) is 0 Å². The van der Waals surface area contributed by atoms with E-state index in [1.807, 2.05) is 12.3 Å². The van der Waals surface area contributed by atoms with Crippen LogP contribution >= 0.6 is 0 Å². The number of benzene rings is 1. The first kappa shape index (κ1) is 21.4. The summed E-state index contributed by atoms with van der Waals surface area (Å²) >= 11 is 0. The molecule has 0 N–H and O–H groups in total. The largest absolute Gasteiger partial charge is 0.300 e. The molecule has 3 nitrogen and oxygen atoms in total. The third kappa shape index (κ3) is 5.86. The van der Waals surface area contributed by atoms with Gasteiger partial charge in [-0.1, -0.05) is 31.4 Å². The van der Waals surface area contributed by atoms with E-state index in [1.165, 1.54) is 57.6 Å². The van der Waals surface area contributed by atoms with Crippen molar-refractivity contribution in [1.29, 1.82) is 0 Å². The second-order valence-electron chi connectivity index (χ2n) is 9.06. The van der Waals surface area contributed by atoms with E-state index >= 15 is 0 Å². The number of likely N-dealkylation sites (tertiary alicyclic amines) is 1. The van der Waals surface area contributed by atoms with Crippen LogP contribution in [-0.2, 0) is 13.1 Å². The molecule has 1 saturated carbocycles. The van der Waals surface area contributed by atoms with Gasteiger partial charge in [-0.05, 0) is 55.8 Å². The first-order chi connectivity index (χ1) is 14.7. The molecule has 5 heteroatoms. The van der Waals surface area contributed by atoms with Crippen LogP contribution in [0.25, 0.3) is 0 Å². The van der Waals surface area contributed by atoms with Crippen molar-refractivity contribution in [2.24, 2.45) is 5.92 Å². The fourth-order valence-electron chi connectivity index (χ4n) is 5.21. The molecule has 0 radical (unpaired) electrons. The lowest BCUT2D eigenvalue weighted by atomic mass is 9.90. The Hall–Kier alpha value is -1.85. The van der Waals surface area contributed by atoms with Gasteiger partial charge >= 0.3 is 0 Å². The highest BCUT2D eigenvalue weighted by Crippen LogP contribution is 2.28. The van der Waals surface area contributed by atoms with E-state index in [2.05, 4.69) is 20.9 Å². The minimum Gasteiger partial charge on any atom is -0.300 e. The second kappa shape index (κ2) is 10.5. The molecule has 1 aromatic heterocycles. The van der Waals surface area contributed by atoms with E-state index in [-0.39, 0.29) is 0 Å². The van der Waals surface area contributed by atoms with Gasteiger partial charge in [0.1, 0.15) is 11.6 Å². The highest BCUT2D eigenvalue weighted by Gasteiger charge is 2.28. The van der Waals surface area contributed by atoms with E-state index < -0.39 is 11.6 Å². The molecule has 2 fully saturated rings. The average molecular weight is 414 g/mol. The topological polar surface area (TPSA) is 19.4 Å². The predicted octanol–water partition coefficient (Wildman–Crippen LogP) is 5.41. The molecule has 2 aliphatic rings. The Balaban J connectivity index is 1.44. The molecule has 4 rings (SSSR count). The molecule has 2 heterocycles. The van der Waals surface area contributed by atoms with Gasteiger partial charge in [-0.3, -0.25) is 9.88 Å². The normalized spacial score (nSPS) is 21.2. The number of pyridine rings is 1. The summed E-state index contributed by atoms with van der Waals surface area (Å²) in [4.78, 5) is 9.26. The zero-order chi connectivity index (χ0) is 20.8. The highest BCUT2D eigenvalue weighted by molar-refractivity contribution is 5.19. The van der Waals surface area contributed by atoms with E-state index in [4.69, 9.17) is 0 Å². The summed E-state index contributed by atoms with van der Waals surface area (Å²) in [6, 6.07) is 8.68. The fourth-order valence-corrected chi connectivity index (χ4v) is 5.21. The lowest BCUT2D eigenvalue weighted by Crippen LogP contribution is -2.46. The van der Waals surface area contributed by atoms with Crippen molar-refractivity contribution in [2.75, 3.05) is 19.6 Å². The van der Waals surface area contributed by atoms with Crippen molar-refractivity contribution in [3.8, 4) is 0 Å². The summed E-state index contributed by atoms with van der Waals surface area (Å²) in [5.74, 6) is -0.398. The maximum atomic E-state index is 14.3. The molecule has 1 aliphatic heterocycles. The van der Waals surface area contributed by atoms with Crippen molar-refractivity contribution in [1.82, 2.24) is 14.8 Å². The van der Waals surface area contributed by atoms with Crippen molar-refractivity contribution in [2.45, 2.75) is 64.1 Å². The van der Waals surface area contributed by atoms with E-state index in [0.717, 1.165) is 37.3 Å². The maximum Gasteiger partial charge on any atom is 0.130 e. The number of hydrogen-bond donors (Lipinski definition) is 0. The molecule has 1 saturated heterocycles. The lowest BCUT2D eigenvalue weighted by molar-refractivity contribution is 0.0769. The van der Waals surface area contributed by atoms with E-state index in [0.29, 0.717) is 18.0 Å². The first-order valence-corrected chi connectivity index (χ1v) is 11.5. The van der Waals surface area contributed by atoms with Gasteiger partial charge in [-0.25, -0.2) is 8.78 Å². The van der Waals surface area contributed by atoms with Crippen molar-refractivity contribution in [3.63, 3.8) is 0 Å². The monoisotopic (exact) mass is 413 g/mol. The lowest BCUT2D eigenvalue weighted by Gasteiger charge is -2.41. The molecule has 1 aliphatic carbocycles. The molecular weight excluding hydrogens is 380 g/mol. The summed E-state index contributed by atoms with van der Waals surface area (Å²) in [7, 11) is 0. The Labute approximate surface area is 179 Å². The molecule has 1 unspecified atom stereocenters. The van der Waals surface area contributed by atoms with Crippen molar-refractivity contribution < 1.29 is 8.78 Å². The number of hydrogen-bond acceptors (Lipinski definition) is 3. The van der Waals surface area contributed by atoms with Gasteiger partial charge in [0.05, 0.1) is 0 Å². The van der Waals surface area contributed by atoms with Crippen LogP contribution in [0.3, 0.4) is 0 Å². The van der Waals surface area contributed by atoms with Crippen LogP contribution in [0.1, 0.15) is 56.1 Å². The first-order valence-electron chi connectivity index (χ1n) is 11.5. The third-order valence-electron chi connectivity index (χ3n) is 6.70. The zero-order valence-electron chi connectivity index (χ0n) is 17.8. The van der Waals surface area contributed by atoms with Crippen LogP contribution in [-0.4, -0.2) is 40.5 Å². The van der Waals surface area contributed by atoms with E-state index in [9.17, 15) is 8.78 Å². The van der Waals surface area contributed by atoms with Gasteiger partial charge in [-0.15, -0.1) is 0 Å². The Morgan fingerprint density at radius 3 is 2.63 bits per heavy atom. The summed E-state index contributed by atoms with van der Waals surface area (Å²) in [6.07, 6.45) is 12.9. The van der Waals surface area contributed by atoms with Gasteiger partial charge < -0.3 is 4.90 Å². The van der Waals surface area contributed by atoms with Crippen LogP contribution in [0.15, 0.2) is 42.7 Å².